The normalized spacial score (nSPS) is 12.9. The molecule has 1 amide bonds. The molecule has 2 aromatic carbocycles. The predicted octanol–water partition coefficient (Wildman–Crippen LogP) is 7.35. The van der Waals surface area contributed by atoms with Gasteiger partial charge in [-0.15, -0.1) is 13.2 Å². The fourth-order valence-corrected chi connectivity index (χ4v) is 4.58. The summed E-state index contributed by atoms with van der Waals surface area (Å²) in [6.45, 7) is 20.2. The van der Waals surface area contributed by atoms with E-state index in [-0.39, 0.29) is 23.7 Å². The van der Waals surface area contributed by atoms with Crippen LogP contribution in [-0.2, 0) is 11.3 Å². The van der Waals surface area contributed by atoms with E-state index in [1.165, 1.54) is 12.1 Å². The molecule has 10 heteroatoms. The third-order valence-electron chi connectivity index (χ3n) is 6.94. The van der Waals surface area contributed by atoms with Crippen molar-refractivity contribution in [1.29, 1.82) is 0 Å². The molecule has 0 saturated carbocycles. The van der Waals surface area contributed by atoms with Crippen molar-refractivity contribution in [2.75, 3.05) is 55.7 Å². The van der Waals surface area contributed by atoms with E-state index in [9.17, 15) is 18.4 Å². The summed E-state index contributed by atoms with van der Waals surface area (Å²) >= 11 is 0. The lowest BCUT2D eigenvalue weighted by molar-refractivity contribution is -0.116. The van der Waals surface area contributed by atoms with Crippen LogP contribution in [0.2, 0.25) is 0 Å². The Labute approximate surface area is 266 Å². The summed E-state index contributed by atoms with van der Waals surface area (Å²) in [7, 11) is 2.07. The summed E-state index contributed by atoms with van der Waals surface area (Å²) < 4.78 is 28.8. The molecular weight excluding hydrogens is 574 g/mol. The van der Waals surface area contributed by atoms with Crippen LogP contribution in [0.3, 0.4) is 0 Å². The highest BCUT2D eigenvalue weighted by atomic mass is 19.1. The average Bonchev–Trinajstić information content (AvgIpc) is 3.04. The number of hydrogen-bond acceptors (Lipinski definition) is 7. The highest BCUT2D eigenvalue weighted by Gasteiger charge is 2.18. The van der Waals surface area contributed by atoms with Gasteiger partial charge in [-0.1, -0.05) is 39.5 Å². The molecule has 1 aromatic heterocycles. The molecular formula is C35H46F2N6O2. The van der Waals surface area contributed by atoms with Crippen LogP contribution in [-0.4, -0.2) is 66.5 Å². The Kier molecular flexibility index (Phi) is 15.6. The van der Waals surface area contributed by atoms with Crippen LogP contribution in [0.1, 0.15) is 49.5 Å². The molecule has 3 aromatic rings. The molecule has 0 unspecified atom stereocenters. The van der Waals surface area contributed by atoms with Crippen molar-refractivity contribution in [3.63, 3.8) is 0 Å². The van der Waals surface area contributed by atoms with Crippen LogP contribution in [0, 0.1) is 5.82 Å². The third-order valence-corrected chi connectivity index (χ3v) is 6.94. The van der Waals surface area contributed by atoms with E-state index in [1.807, 2.05) is 20.8 Å². The van der Waals surface area contributed by atoms with E-state index in [0.717, 1.165) is 32.6 Å². The Morgan fingerprint density at radius 3 is 2.24 bits per heavy atom. The van der Waals surface area contributed by atoms with Gasteiger partial charge in [0.1, 0.15) is 11.6 Å². The lowest BCUT2D eigenvalue weighted by Gasteiger charge is -2.32. The number of benzene rings is 2. The smallest absolute Gasteiger partial charge is 0.332 e. The molecule has 0 atom stereocenters. The quantitative estimate of drug-likeness (QED) is 0.144. The first-order valence-electron chi connectivity index (χ1n) is 15.2. The van der Waals surface area contributed by atoms with E-state index in [4.69, 9.17) is 0 Å². The first kappa shape index (κ1) is 36.8. The van der Waals surface area contributed by atoms with E-state index >= 15 is 0 Å². The van der Waals surface area contributed by atoms with E-state index < -0.39 is 11.9 Å². The van der Waals surface area contributed by atoms with Crippen LogP contribution in [0.25, 0.3) is 11.1 Å². The second kappa shape index (κ2) is 19.1. The molecule has 0 radical (unpaired) electrons. The minimum absolute atomic E-state index is 0.0298. The van der Waals surface area contributed by atoms with Gasteiger partial charge in [-0.05, 0) is 61.0 Å². The Morgan fingerprint density at radius 2 is 1.64 bits per heavy atom. The van der Waals surface area contributed by atoms with Gasteiger partial charge in [0.2, 0.25) is 5.91 Å². The molecule has 0 spiro atoms. The third kappa shape index (κ3) is 11.6. The molecule has 1 aliphatic heterocycles. The van der Waals surface area contributed by atoms with Gasteiger partial charge in [0, 0.05) is 62.3 Å². The van der Waals surface area contributed by atoms with Gasteiger partial charge in [0.15, 0.2) is 0 Å². The SMILES string of the molecule is C=C.C=C(CNc1ccc(-c2ccc(NC(=O)CCC)nc2)cc1F)Nc1ccc(CN2CCN(C)CC2)c(C(=O)F)c1.CC. The zero-order valence-corrected chi connectivity index (χ0v) is 26.9. The van der Waals surface area contributed by atoms with Gasteiger partial charge >= 0.3 is 6.04 Å². The second-order valence-corrected chi connectivity index (χ2v) is 10.2. The van der Waals surface area contributed by atoms with E-state index in [0.29, 0.717) is 46.9 Å². The van der Waals surface area contributed by atoms with Crippen molar-refractivity contribution < 1.29 is 18.4 Å². The van der Waals surface area contributed by atoms with Crippen LogP contribution < -0.4 is 16.0 Å². The largest absolute Gasteiger partial charge is 0.377 e. The number of nitrogens with one attached hydrogen (secondary N) is 3. The van der Waals surface area contributed by atoms with Gasteiger partial charge < -0.3 is 20.9 Å². The van der Waals surface area contributed by atoms with Gasteiger partial charge in [-0.2, -0.15) is 4.39 Å². The lowest BCUT2D eigenvalue weighted by Crippen LogP contribution is -2.44. The van der Waals surface area contributed by atoms with Crippen LogP contribution in [0.4, 0.5) is 26.0 Å². The maximum absolute atomic E-state index is 14.9. The van der Waals surface area contributed by atoms with Crippen molar-refractivity contribution in [3.05, 3.63) is 97.1 Å². The summed E-state index contributed by atoms with van der Waals surface area (Å²) in [5.74, 6) is -0.0984. The number of nitrogens with zero attached hydrogens (tertiary/aromatic N) is 3. The van der Waals surface area contributed by atoms with Crippen molar-refractivity contribution in [3.8, 4) is 11.1 Å². The molecule has 1 fully saturated rings. The second-order valence-electron chi connectivity index (χ2n) is 10.2. The molecule has 4 rings (SSSR count). The van der Waals surface area contributed by atoms with Gasteiger partial charge in [0.05, 0.1) is 17.8 Å². The standard InChI is InChI=1S/C31H36F2N6O2.C2H6.C2H4/c1-4-5-30(40)37-29-11-8-23(19-35-29)22-7-10-28(27(32)16-22)34-18-21(2)36-25-9-6-24(26(17-25)31(33)41)20-39-14-12-38(3)13-15-39;2*1-2/h6-11,16-17,19,34,36H,2,4-5,12-15,18,20H2,1,3H3,(H,35,37,40);1-2H3;1-2H2. The number of aromatic nitrogens is 1. The number of halogens is 2. The number of carbonyl (C=O) groups excluding carboxylic acids is 2. The Hall–Kier alpha value is -4.41. The van der Waals surface area contributed by atoms with Gasteiger partial charge in [-0.3, -0.25) is 14.5 Å². The van der Waals surface area contributed by atoms with Crippen LogP contribution in [0.15, 0.2) is 80.2 Å². The van der Waals surface area contributed by atoms with Crippen LogP contribution in [0.5, 0.6) is 0 Å². The molecule has 1 aliphatic rings. The molecule has 8 nitrogen and oxygen atoms in total. The number of rotatable bonds is 12. The number of carbonyl (C=O) groups is 2. The number of amides is 1. The van der Waals surface area contributed by atoms with Crippen molar-refractivity contribution in [2.24, 2.45) is 0 Å². The Morgan fingerprint density at radius 1 is 0.956 bits per heavy atom. The van der Waals surface area contributed by atoms with Crippen molar-refractivity contribution in [2.45, 2.75) is 40.2 Å². The number of piperazine rings is 1. The monoisotopic (exact) mass is 620 g/mol. The summed E-state index contributed by atoms with van der Waals surface area (Å²) in [5.41, 5.74) is 3.36. The number of hydrogen-bond donors (Lipinski definition) is 3. The predicted molar refractivity (Wildman–Crippen MR) is 182 cm³/mol. The minimum Gasteiger partial charge on any atom is -0.377 e. The molecule has 0 aliphatic carbocycles. The maximum atomic E-state index is 14.9. The molecule has 242 valence electrons. The molecule has 0 bridgehead atoms. The first-order chi connectivity index (χ1) is 21.7. The van der Waals surface area contributed by atoms with Gasteiger partial charge in [-0.25, -0.2) is 9.37 Å². The average molecular weight is 621 g/mol. The summed E-state index contributed by atoms with van der Waals surface area (Å²) in [6, 6.07) is 11.8. The van der Waals surface area contributed by atoms with E-state index in [1.54, 1.807) is 42.6 Å². The highest BCUT2D eigenvalue weighted by Crippen LogP contribution is 2.25. The summed E-state index contributed by atoms with van der Waals surface area (Å²) in [6.07, 6.45) is 2.76. The molecule has 1 saturated heterocycles. The fourth-order valence-electron chi connectivity index (χ4n) is 4.58. The number of anilines is 3. The lowest BCUT2D eigenvalue weighted by atomic mass is 10.1. The minimum atomic E-state index is -1.48. The fraction of sp³-hybridized carbons (Fsp3) is 0.343. The van der Waals surface area contributed by atoms with E-state index in [2.05, 4.69) is 57.5 Å². The summed E-state index contributed by atoms with van der Waals surface area (Å²) in [5, 5.41) is 8.81. The number of likely N-dealkylation sites (N-methyl/N-ethyl adjacent to an activating group) is 1. The Bertz CT molecular complexity index is 1410. The number of pyridine rings is 1. The van der Waals surface area contributed by atoms with Crippen molar-refractivity contribution in [1.82, 2.24) is 14.8 Å². The zero-order chi connectivity index (χ0) is 33.4. The summed E-state index contributed by atoms with van der Waals surface area (Å²) in [4.78, 5) is 32.2. The topological polar surface area (TPSA) is 89.6 Å². The zero-order valence-electron chi connectivity index (χ0n) is 26.9. The molecule has 2 heterocycles. The van der Waals surface area contributed by atoms with Gasteiger partial charge in [0.25, 0.3) is 0 Å². The molecule has 45 heavy (non-hydrogen) atoms. The van der Waals surface area contributed by atoms with Crippen LogP contribution >= 0.6 is 0 Å². The molecule has 3 N–H and O–H groups in total. The Balaban J connectivity index is 0.00000169. The highest BCUT2D eigenvalue weighted by molar-refractivity contribution is 5.91. The first-order valence-corrected chi connectivity index (χ1v) is 15.2. The maximum Gasteiger partial charge on any atom is 0.332 e. The van der Waals surface area contributed by atoms with Crippen molar-refractivity contribution >= 4 is 29.1 Å².